The van der Waals surface area contributed by atoms with Crippen LogP contribution >= 0.6 is 22.9 Å². The molecule has 0 aliphatic carbocycles. The van der Waals surface area contributed by atoms with Gasteiger partial charge in [0.1, 0.15) is 11.4 Å². The number of carbonyl (C=O) groups is 1. The zero-order valence-corrected chi connectivity index (χ0v) is 19.5. The van der Waals surface area contributed by atoms with Crippen LogP contribution in [0, 0.1) is 5.82 Å². The predicted octanol–water partition coefficient (Wildman–Crippen LogP) is 3.26. The van der Waals surface area contributed by atoms with Crippen molar-refractivity contribution in [3.8, 4) is 10.7 Å². The molecule has 1 aliphatic rings. The number of rotatable bonds is 5. The minimum Gasteiger partial charge on any atom is -0.459 e. The number of thiazole rings is 1. The number of benzene rings is 1. The van der Waals surface area contributed by atoms with E-state index in [1.54, 1.807) is 33.0 Å². The van der Waals surface area contributed by atoms with E-state index in [1.165, 1.54) is 28.3 Å². The second-order valence-electron chi connectivity index (χ2n) is 8.31. The van der Waals surface area contributed by atoms with Gasteiger partial charge in [0.25, 0.3) is 0 Å². The number of hydrogen-bond donors (Lipinski definition) is 0. The Morgan fingerprint density at radius 2 is 1.94 bits per heavy atom. The molecule has 1 aliphatic heterocycles. The smallest absolute Gasteiger partial charge is 0.330 e. The van der Waals surface area contributed by atoms with Gasteiger partial charge >= 0.3 is 5.97 Å². The molecular weight excluding hydrogens is 457 g/mol. The van der Waals surface area contributed by atoms with Crippen molar-refractivity contribution in [2.75, 3.05) is 36.0 Å². The molecule has 0 saturated carbocycles. The lowest BCUT2D eigenvalue weighted by Crippen LogP contribution is -2.46. The fourth-order valence-corrected chi connectivity index (χ4v) is 4.41. The topological polar surface area (TPSA) is 89.3 Å². The summed E-state index contributed by atoms with van der Waals surface area (Å²) in [6, 6.07) is 4.40. The first-order valence-electron chi connectivity index (χ1n) is 10.1. The molecule has 2 aromatic heterocycles. The van der Waals surface area contributed by atoms with E-state index in [0.29, 0.717) is 29.6 Å². The highest BCUT2D eigenvalue weighted by atomic mass is 35.5. The summed E-state index contributed by atoms with van der Waals surface area (Å²) in [5.74, 6) is -0.325. The number of hydrogen-bond acceptors (Lipinski definition) is 9. The van der Waals surface area contributed by atoms with Crippen molar-refractivity contribution in [3.63, 3.8) is 0 Å². The lowest BCUT2D eigenvalue weighted by atomic mass is 10.2. The van der Waals surface area contributed by atoms with Crippen molar-refractivity contribution < 1.29 is 13.9 Å². The van der Waals surface area contributed by atoms with Crippen LogP contribution in [0.4, 0.5) is 15.2 Å². The molecule has 0 atom stereocenters. The van der Waals surface area contributed by atoms with Gasteiger partial charge in [-0.15, -0.1) is 10.2 Å². The Balaban J connectivity index is 1.37. The van der Waals surface area contributed by atoms with E-state index < -0.39 is 11.6 Å². The maximum absolute atomic E-state index is 13.6. The molecule has 0 amide bonds. The van der Waals surface area contributed by atoms with Crippen molar-refractivity contribution in [2.45, 2.75) is 32.9 Å². The molecule has 0 radical (unpaired) electrons. The Hall–Kier alpha value is -2.79. The highest BCUT2D eigenvalue weighted by Gasteiger charge is 2.23. The van der Waals surface area contributed by atoms with E-state index in [0.717, 1.165) is 23.1 Å². The number of tetrazole rings is 1. The summed E-state index contributed by atoms with van der Waals surface area (Å²) in [5.41, 5.74) is 0.133. The Morgan fingerprint density at radius 3 is 2.66 bits per heavy atom. The SMILES string of the molecule is CC(C)(C)OC(=O)Cn1nnc(-c2cnc(N3CCN(c4cc(F)ccc4Cl)CC3)s2)n1. The number of halogens is 2. The lowest BCUT2D eigenvalue weighted by molar-refractivity contribution is -0.156. The standard InChI is InChI=1S/C20H23ClFN7O2S/c1-20(2,3)31-17(30)12-29-25-18(24-26-29)16-11-23-19(32-16)28-8-6-27(7-9-28)15-10-13(22)4-5-14(15)21/h4-5,10-11H,6-9,12H2,1-3H3. The van der Waals surface area contributed by atoms with Gasteiger partial charge in [0.2, 0.25) is 5.82 Å². The average Bonchev–Trinajstić information content (AvgIpc) is 3.38. The highest BCUT2D eigenvalue weighted by molar-refractivity contribution is 7.18. The molecule has 9 nitrogen and oxygen atoms in total. The van der Waals surface area contributed by atoms with Crippen LogP contribution in [0.1, 0.15) is 20.8 Å². The van der Waals surface area contributed by atoms with Gasteiger partial charge in [-0.05, 0) is 44.2 Å². The van der Waals surface area contributed by atoms with E-state index in [-0.39, 0.29) is 12.4 Å². The summed E-state index contributed by atoms with van der Waals surface area (Å²) in [6.45, 7) is 8.13. The van der Waals surface area contributed by atoms with Crippen LogP contribution in [-0.4, -0.2) is 62.9 Å². The summed E-state index contributed by atoms with van der Waals surface area (Å²) in [4.78, 5) is 22.6. The zero-order chi connectivity index (χ0) is 22.9. The normalized spacial score (nSPS) is 14.7. The Morgan fingerprint density at radius 1 is 1.22 bits per heavy atom. The van der Waals surface area contributed by atoms with Crippen molar-refractivity contribution in [3.05, 3.63) is 35.2 Å². The van der Waals surface area contributed by atoms with Gasteiger partial charge < -0.3 is 14.5 Å². The van der Waals surface area contributed by atoms with Gasteiger partial charge in [0.15, 0.2) is 11.7 Å². The van der Waals surface area contributed by atoms with E-state index in [2.05, 4.69) is 30.2 Å². The number of anilines is 2. The average molecular weight is 480 g/mol. The van der Waals surface area contributed by atoms with Crippen LogP contribution < -0.4 is 9.80 Å². The zero-order valence-electron chi connectivity index (χ0n) is 18.0. The van der Waals surface area contributed by atoms with Gasteiger partial charge in [0, 0.05) is 26.2 Å². The van der Waals surface area contributed by atoms with E-state index in [4.69, 9.17) is 16.3 Å². The monoisotopic (exact) mass is 479 g/mol. The number of carbonyl (C=O) groups excluding carboxylic acids is 1. The summed E-state index contributed by atoms with van der Waals surface area (Å²) >= 11 is 7.69. The molecule has 3 heterocycles. The van der Waals surface area contributed by atoms with Crippen LogP contribution in [0.2, 0.25) is 5.02 Å². The molecular formula is C20H23ClFN7O2S. The number of ether oxygens (including phenoxy) is 1. The number of piperazine rings is 1. The van der Waals surface area contributed by atoms with E-state index in [1.807, 2.05) is 0 Å². The molecule has 32 heavy (non-hydrogen) atoms. The summed E-state index contributed by atoms with van der Waals surface area (Å²) < 4.78 is 18.9. The van der Waals surface area contributed by atoms with Gasteiger partial charge in [-0.1, -0.05) is 22.9 Å². The molecule has 12 heteroatoms. The van der Waals surface area contributed by atoms with Gasteiger partial charge in [-0.3, -0.25) is 0 Å². The van der Waals surface area contributed by atoms with Crippen LogP contribution in [0.15, 0.2) is 24.4 Å². The second-order valence-corrected chi connectivity index (χ2v) is 9.72. The maximum Gasteiger partial charge on any atom is 0.330 e. The van der Waals surface area contributed by atoms with Gasteiger partial charge in [-0.2, -0.15) is 4.80 Å². The molecule has 1 saturated heterocycles. The maximum atomic E-state index is 13.6. The van der Waals surface area contributed by atoms with Crippen LogP contribution in [0.25, 0.3) is 10.7 Å². The van der Waals surface area contributed by atoms with E-state index in [9.17, 15) is 9.18 Å². The molecule has 170 valence electrons. The van der Waals surface area contributed by atoms with Crippen LogP contribution in [0.5, 0.6) is 0 Å². The molecule has 0 unspecified atom stereocenters. The quantitative estimate of drug-likeness (QED) is 0.515. The molecule has 4 rings (SSSR count). The van der Waals surface area contributed by atoms with Gasteiger partial charge in [0.05, 0.1) is 21.8 Å². The van der Waals surface area contributed by atoms with E-state index >= 15 is 0 Å². The summed E-state index contributed by atoms with van der Waals surface area (Å²) in [5, 5.41) is 13.6. The molecule has 0 bridgehead atoms. The summed E-state index contributed by atoms with van der Waals surface area (Å²) in [7, 11) is 0. The van der Waals surface area contributed by atoms with Crippen LogP contribution in [-0.2, 0) is 16.1 Å². The fraction of sp³-hybridized carbons (Fsp3) is 0.450. The van der Waals surface area contributed by atoms with Crippen molar-refractivity contribution in [1.82, 2.24) is 25.2 Å². The largest absolute Gasteiger partial charge is 0.459 e. The third kappa shape index (κ3) is 5.33. The van der Waals surface area contributed by atoms with Crippen molar-refractivity contribution in [2.24, 2.45) is 0 Å². The fourth-order valence-electron chi connectivity index (χ4n) is 3.28. The van der Waals surface area contributed by atoms with Crippen molar-refractivity contribution >= 4 is 39.7 Å². The molecule has 3 aromatic rings. The minimum atomic E-state index is -0.572. The third-order valence-electron chi connectivity index (χ3n) is 4.66. The molecule has 0 N–H and O–H groups in total. The Labute approximate surface area is 193 Å². The first-order valence-corrected chi connectivity index (χ1v) is 11.3. The summed E-state index contributed by atoms with van der Waals surface area (Å²) in [6.07, 6.45) is 1.70. The number of esters is 1. The van der Waals surface area contributed by atoms with Crippen molar-refractivity contribution in [1.29, 1.82) is 0 Å². The lowest BCUT2D eigenvalue weighted by Gasteiger charge is -2.36. The predicted molar refractivity (Wildman–Crippen MR) is 121 cm³/mol. The minimum absolute atomic E-state index is 0.111. The third-order valence-corrected chi connectivity index (χ3v) is 6.03. The highest BCUT2D eigenvalue weighted by Crippen LogP contribution is 2.31. The van der Waals surface area contributed by atoms with Crippen LogP contribution in [0.3, 0.4) is 0 Å². The molecule has 1 aromatic carbocycles. The Bertz CT molecular complexity index is 1110. The molecule has 1 fully saturated rings. The van der Waals surface area contributed by atoms with Gasteiger partial charge in [-0.25, -0.2) is 14.2 Å². The first-order chi connectivity index (χ1) is 15.2. The second kappa shape index (κ2) is 8.99. The molecule has 0 spiro atoms. The number of nitrogens with zero attached hydrogens (tertiary/aromatic N) is 7. The Kier molecular flexibility index (Phi) is 6.29. The first kappa shape index (κ1) is 22.4. The number of aromatic nitrogens is 5.